The van der Waals surface area contributed by atoms with Crippen molar-refractivity contribution in [2.24, 2.45) is 0 Å². The quantitative estimate of drug-likeness (QED) is 0.809. The fourth-order valence-corrected chi connectivity index (χ4v) is 1.61. The van der Waals surface area contributed by atoms with Crippen LogP contribution >= 0.6 is 11.6 Å². The van der Waals surface area contributed by atoms with Crippen LogP contribution in [0.25, 0.3) is 11.3 Å². The highest BCUT2D eigenvalue weighted by Gasteiger charge is 2.34. The Bertz CT molecular complexity index is 587. The van der Waals surface area contributed by atoms with Gasteiger partial charge in [0.1, 0.15) is 5.75 Å². The monoisotopic (exact) mass is 274 g/mol. The molecule has 0 aliphatic heterocycles. The number of aromatic nitrogens is 2. The first kappa shape index (κ1) is 12.6. The average Bonchev–Trinajstić information content (AvgIpc) is 2.27. The van der Waals surface area contributed by atoms with E-state index in [4.69, 9.17) is 11.6 Å². The molecule has 1 aromatic heterocycles. The number of aromatic hydroxyl groups is 1. The van der Waals surface area contributed by atoms with Crippen molar-refractivity contribution in [2.75, 3.05) is 0 Å². The van der Waals surface area contributed by atoms with Crippen LogP contribution in [0, 0.1) is 0 Å². The van der Waals surface area contributed by atoms with Crippen LogP contribution in [0.4, 0.5) is 13.2 Å². The molecule has 0 aliphatic rings. The summed E-state index contributed by atoms with van der Waals surface area (Å²) in [7, 11) is 0. The summed E-state index contributed by atoms with van der Waals surface area (Å²) in [5.41, 5.74) is -1.04. The van der Waals surface area contributed by atoms with Crippen molar-refractivity contribution in [3.63, 3.8) is 0 Å². The number of alkyl halides is 3. The summed E-state index contributed by atoms with van der Waals surface area (Å²) in [6.07, 6.45) is -3.33. The van der Waals surface area contributed by atoms with Gasteiger partial charge >= 0.3 is 6.18 Å². The lowest BCUT2D eigenvalue weighted by atomic mass is 10.1. The lowest BCUT2D eigenvalue weighted by molar-refractivity contribution is -0.138. The molecule has 2 rings (SSSR count). The molecular weight excluding hydrogens is 269 g/mol. The molecule has 0 fully saturated rings. The number of rotatable bonds is 1. The van der Waals surface area contributed by atoms with Crippen LogP contribution in [-0.4, -0.2) is 15.1 Å². The van der Waals surface area contributed by atoms with E-state index in [1.54, 1.807) is 0 Å². The molecule has 0 saturated carbocycles. The molecule has 0 bridgehead atoms. The zero-order chi connectivity index (χ0) is 13.3. The molecule has 0 spiro atoms. The Balaban J connectivity index is 2.60. The van der Waals surface area contributed by atoms with Gasteiger partial charge in [0.25, 0.3) is 0 Å². The summed E-state index contributed by atoms with van der Waals surface area (Å²) >= 11 is 5.55. The molecule has 0 amide bonds. The van der Waals surface area contributed by atoms with Gasteiger partial charge in [-0.15, -0.1) is 0 Å². The van der Waals surface area contributed by atoms with Crippen molar-refractivity contribution in [3.8, 4) is 17.0 Å². The average molecular weight is 275 g/mol. The minimum Gasteiger partial charge on any atom is -0.507 e. The van der Waals surface area contributed by atoms with E-state index in [0.717, 1.165) is 6.07 Å². The van der Waals surface area contributed by atoms with Gasteiger partial charge in [-0.2, -0.15) is 13.2 Å². The molecule has 0 unspecified atom stereocenters. The van der Waals surface area contributed by atoms with Crippen LogP contribution in [0.2, 0.25) is 5.28 Å². The minimum atomic E-state index is -4.63. The van der Waals surface area contributed by atoms with Crippen LogP contribution in [0.5, 0.6) is 5.75 Å². The molecule has 3 nitrogen and oxygen atoms in total. The zero-order valence-corrected chi connectivity index (χ0v) is 9.50. The molecule has 0 aliphatic carbocycles. The Hall–Kier alpha value is -1.82. The predicted octanol–water partition coefficient (Wildman–Crippen LogP) is 3.52. The number of para-hydroxylation sites is 1. The second-order valence-electron chi connectivity index (χ2n) is 3.41. The van der Waals surface area contributed by atoms with Gasteiger partial charge in [0, 0.05) is 11.8 Å². The number of hydrogen-bond acceptors (Lipinski definition) is 3. The van der Waals surface area contributed by atoms with Crippen molar-refractivity contribution < 1.29 is 18.3 Å². The summed E-state index contributed by atoms with van der Waals surface area (Å²) in [6, 6.07) is 4.67. The van der Waals surface area contributed by atoms with Gasteiger partial charge in [0.2, 0.25) is 5.28 Å². The fourth-order valence-electron chi connectivity index (χ4n) is 1.46. The Morgan fingerprint density at radius 1 is 1.17 bits per heavy atom. The maximum Gasteiger partial charge on any atom is 0.419 e. The summed E-state index contributed by atoms with van der Waals surface area (Å²) in [5, 5.41) is 9.54. The second-order valence-corrected chi connectivity index (χ2v) is 3.75. The first-order chi connectivity index (χ1) is 8.39. The topological polar surface area (TPSA) is 46.0 Å². The molecule has 7 heteroatoms. The Morgan fingerprint density at radius 3 is 2.50 bits per heavy atom. The van der Waals surface area contributed by atoms with Crippen LogP contribution in [0.15, 0.2) is 30.5 Å². The molecule has 94 valence electrons. The summed E-state index contributed by atoms with van der Waals surface area (Å²) in [5.74, 6) is -0.875. The highest BCUT2D eigenvalue weighted by Crippen LogP contribution is 2.40. The van der Waals surface area contributed by atoms with E-state index in [9.17, 15) is 18.3 Å². The van der Waals surface area contributed by atoms with Gasteiger partial charge in [0.15, 0.2) is 0 Å². The van der Waals surface area contributed by atoms with Crippen molar-refractivity contribution in [2.45, 2.75) is 6.18 Å². The normalized spacial score (nSPS) is 11.6. The maximum absolute atomic E-state index is 12.6. The molecule has 1 aromatic carbocycles. The predicted molar refractivity (Wildman–Crippen MR) is 59.1 cm³/mol. The number of benzene rings is 1. The molecule has 18 heavy (non-hydrogen) atoms. The van der Waals surface area contributed by atoms with E-state index in [2.05, 4.69) is 9.97 Å². The lowest BCUT2D eigenvalue weighted by Gasteiger charge is -2.11. The van der Waals surface area contributed by atoms with Crippen LogP contribution in [0.3, 0.4) is 0 Å². The van der Waals surface area contributed by atoms with Gasteiger partial charge in [0.05, 0.1) is 11.3 Å². The van der Waals surface area contributed by atoms with E-state index in [0.29, 0.717) is 0 Å². The van der Waals surface area contributed by atoms with Crippen molar-refractivity contribution in [3.05, 3.63) is 41.3 Å². The van der Waals surface area contributed by atoms with Gasteiger partial charge in [-0.05, 0) is 29.8 Å². The number of nitrogens with zero attached hydrogens (tertiary/aromatic N) is 2. The SMILES string of the molecule is Oc1c(-c2ccnc(Cl)n2)cccc1C(F)(F)F. The first-order valence-electron chi connectivity index (χ1n) is 4.77. The van der Waals surface area contributed by atoms with Crippen molar-refractivity contribution in [1.82, 2.24) is 9.97 Å². The smallest absolute Gasteiger partial charge is 0.419 e. The molecule has 0 atom stereocenters. The first-order valence-corrected chi connectivity index (χ1v) is 5.15. The van der Waals surface area contributed by atoms with E-state index in [1.807, 2.05) is 0 Å². The van der Waals surface area contributed by atoms with Gasteiger partial charge in [-0.3, -0.25) is 0 Å². The Morgan fingerprint density at radius 2 is 1.89 bits per heavy atom. The lowest BCUT2D eigenvalue weighted by Crippen LogP contribution is -2.05. The maximum atomic E-state index is 12.6. The van der Waals surface area contributed by atoms with Crippen molar-refractivity contribution in [1.29, 1.82) is 0 Å². The third-order valence-corrected chi connectivity index (χ3v) is 2.43. The molecule has 0 radical (unpaired) electrons. The van der Waals surface area contributed by atoms with Crippen LogP contribution in [0.1, 0.15) is 5.56 Å². The third-order valence-electron chi connectivity index (χ3n) is 2.24. The largest absolute Gasteiger partial charge is 0.507 e. The summed E-state index contributed by atoms with van der Waals surface area (Å²) < 4.78 is 37.8. The van der Waals surface area contributed by atoms with Gasteiger partial charge in [-0.25, -0.2) is 9.97 Å². The van der Waals surface area contributed by atoms with E-state index in [1.165, 1.54) is 24.4 Å². The fraction of sp³-hybridized carbons (Fsp3) is 0.0909. The summed E-state index contributed by atoms with van der Waals surface area (Å²) in [4.78, 5) is 7.37. The van der Waals surface area contributed by atoms with Crippen LogP contribution < -0.4 is 0 Å². The van der Waals surface area contributed by atoms with Crippen molar-refractivity contribution >= 4 is 11.6 Å². The van der Waals surface area contributed by atoms with E-state index < -0.39 is 17.5 Å². The number of hydrogen-bond donors (Lipinski definition) is 1. The molecule has 0 saturated heterocycles. The Labute approximate surface area is 105 Å². The minimum absolute atomic E-state index is 0.0471. The zero-order valence-electron chi connectivity index (χ0n) is 8.74. The van der Waals surface area contributed by atoms with Gasteiger partial charge < -0.3 is 5.11 Å². The number of phenolic OH excluding ortho intramolecular Hbond substituents is 1. The highest BCUT2D eigenvalue weighted by atomic mass is 35.5. The number of phenols is 1. The second kappa shape index (κ2) is 4.45. The highest BCUT2D eigenvalue weighted by molar-refractivity contribution is 6.28. The van der Waals surface area contributed by atoms with E-state index >= 15 is 0 Å². The molecule has 2 aromatic rings. The standard InChI is InChI=1S/C11H6ClF3N2O/c12-10-16-5-4-8(17-10)6-2-1-3-7(9(6)18)11(13,14)15/h1-5,18H. The third kappa shape index (κ3) is 2.38. The molecule has 1 N–H and O–H groups in total. The summed E-state index contributed by atoms with van der Waals surface area (Å²) in [6.45, 7) is 0. The Kier molecular flexibility index (Phi) is 3.13. The molecular formula is C11H6ClF3N2O. The van der Waals surface area contributed by atoms with E-state index in [-0.39, 0.29) is 16.5 Å². The number of halogens is 4. The van der Waals surface area contributed by atoms with Gasteiger partial charge in [-0.1, -0.05) is 6.07 Å². The molecule has 1 heterocycles. The van der Waals surface area contributed by atoms with Crippen LogP contribution in [-0.2, 0) is 6.18 Å².